The summed E-state index contributed by atoms with van der Waals surface area (Å²) in [5.41, 5.74) is 0.253. The number of rotatable bonds is 4. The van der Waals surface area contributed by atoms with Gasteiger partial charge in [-0.1, -0.05) is 0 Å². The van der Waals surface area contributed by atoms with E-state index in [9.17, 15) is 9.90 Å². The molecule has 2 N–H and O–H groups in total. The second-order valence-corrected chi connectivity index (χ2v) is 7.17. The molecule has 4 aliphatic rings. The van der Waals surface area contributed by atoms with Crippen molar-refractivity contribution in [2.75, 3.05) is 19.7 Å². The van der Waals surface area contributed by atoms with Crippen molar-refractivity contribution >= 4 is 5.91 Å². The first-order valence-electron chi connectivity index (χ1n) is 8.17. The van der Waals surface area contributed by atoms with E-state index >= 15 is 0 Å². The summed E-state index contributed by atoms with van der Waals surface area (Å²) in [6.07, 6.45) is 8.12. The van der Waals surface area contributed by atoms with Crippen LogP contribution in [-0.4, -0.2) is 47.2 Å². The van der Waals surface area contributed by atoms with Crippen molar-refractivity contribution in [2.45, 2.75) is 62.9 Å². The Morgan fingerprint density at radius 2 is 1.95 bits per heavy atom. The Hall–Kier alpha value is -1.12. The fourth-order valence-electron chi connectivity index (χ4n) is 4.33. The van der Waals surface area contributed by atoms with Gasteiger partial charge >= 0.3 is 0 Å². The van der Waals surface area contributed by atoms with E-state index in [1.165, 1.54) is 0 Å². The molecule has 4 fully saturated rings. The van der Waals surface area contributed by atoms with Gasteiger partial charge in [-0.25, -0.2) is 0 Å². The van der Waals surface area contributed by atoms with Gasteiger partial charge in [-0.05, 0) is 56.8 Å². The normalized spacial score (nSPS) is 38.5. The van der Waals surface area contributed by atoms with Crippen molar-refractivity contribution in [3.05, 3.63) is 0 Å². The molecule has 0 radical (unpaired) electrons. The summed E-state index contributed by atoms with van der Waals surface area (Å²) < 4.78 is 0. The standard InChI is InChI=1S/C16H25N3O2/c17-10-13-2-1-9-19(13)14(21)11-18-16-6-3-15(12-20,4-7-16)5-8-16/h13,18,20H,1-9,11-12H2. The topological polar surface area (TPSA) is 76.4 Å². The molecule has 1 unspecified atom stereocenters. The van der Waals surface area contributed by atoms with Crippen molar-refractivity contribution in [1.29, 1.82) is 5.26 Å². The van der Waals surface area contributed by atoms with Gasteiger partial charge in [0.25, 0.3) is 0 Å². The van der Waals surface area contributed by atoms with Crippen LogP contribution in [0.1, 0.15) is 51.4 Å². The predicted octanol–water partition coefficient (Wildman–Crippen LogP) is 1.18. The average molecular weight is 291 g/mol. The zero-order valence-electron chi connectivity index (χ0n) is 12.6. The lowest BCUT2D eigenvalue weighted by molar-refractivity contribution is -0.131. The molecule has 0 aromatic carbocycles. The largest absolute Gasteiger partial charge is 0.396 e. The maximum atomic E-state index is 12.3. The zero-order chi connectivity index (χ0) is 14.9. The minimum Gasteiger partial charge on any atom is -0.396 e. The number of nitriles is 1. The Morgan fingerprint density at radius 3 is 2.52 bits per heavy atom. The molecule has 1 heterocycles. The summed E-state index contributed by atoms with van der Waals surface area (Å²) >= 11 is 0. The van der Waals surface area contributed by atoms with Gasteiger partial charge in [-0.3, -0.25) is 4.79 Å². The van der Waals surface area contributed by atoms with E-state index in [0.29, 0.717) is 13.2 Å². The van der Waals surface area contributed by atoms with Crippen LogP contribution in [-0.2, 0) is 4.79 Å². The van der Waals surface area contributed by atoms with E-state index in [1.54, 1.807) is 4.90 Å². The number of hydrogen-bond acceptors (Lipinski definition) is 4. The number of likely N-dealkylation sites (tertiary alicyclic amines) is 1. The second-order valence-electron chi connectivity index (χ2n) is 7.17. The smallest absolute Gasteiger partial charge is 0.237 e. The number of amides is 1. The summed E-state index contributed by atoms with van der Waals surface area (Å²) in [5.74, 6) is 0.0676. The van der Waals surface area contributed by atoms with Crippen LogP contribution in [0.4, 0.5) is 0 Å². The van der Waals surface area contributed by atoms with Gasteiger partial charge in [0.05, 0.1) is 12.6 Å². The molecule has 1 atom stereocenters. The number of nitrogens with zero attached hydrogens (tertiary/aromatic N) is 2. The molecule has 1 aliphatic heterocycles. The Labute approximate surface area is 126 Å². The fraction of sp³-hybridized carbons (Fsp3) is 0.875. The summed E-state index contributed by atoms with van der Waals surface area (Å²) in [6, 6.07) is 2.00. The van der Waals surface area contributed by atoms with Gasteiger partial charge in [0.15, 0.2) is 0 Å². The third kappa shape index (κ3) is 2.67. The van der Waals surface area contributed by atoms with Gasteiger partial charge in [0.1, 0.15) is 6.04 Å². The molecule has 2 bridgehead atoms. The highest BCUT2D eigenvalue weighted by Gasteiger charge is 2.48. The maximum Gasteiger partial charge on any atom is 0.237 e. The van der Waals surface area contributed by atoms with Crippen LogP contribution in [0.3, 0.4) is 0 Å². The molecule has 21 heavy (non-hydrogen) atoms. The van der Waals surface area contributed by atoms with E-state index in [2.05, 4.69) is 11.4 Å². The number of carbonyl (C=O) groups is 1. The highest BCUT2D eigenvalue weighted by atomic mass is 16.3. The number of carbonyl (C=O) groups excluding carboxylic acids is 1. The summed E-state index contributed by atoms with van der Waals surface area (Å²) in [7, 11) is 0. The van der Waals surface area contributed by atoms with Crippen LogP contribution in [0, 0.1) is 16.7 Å². The lowest BCUT2D eigenvalue weighted by Gasteiger charge is -2.53. The lowest BCUT2D eigenvalue weighted by atomic mass is 9.57. The first-order chi connectivity index (χ1) is 10.1. The molecule has 4 rings (SSSR count). The summed E-state index contributed by atoms with van der Waals surface area (Å²) in [6.45, 7) is 1.38. The van der Waals surface area contributed by atoms with Crippen molar-refractivity contribution in [1.82, 2.24) is 10.2 Å². The van der Waals surface area contributed by atoms with Crippen LogP contribution in [0.2, 0.25) is 0 Å². The zero-order valence-corrected chi connectivity index (χ0v) is 12.6. The fourth-order valence-corrected chi connectivity index (χ4v) is 4.33. The Kier molecular flexibility index (Phi) is 3.94. The number of aliphatic hydroxyl groups is 1. The molecule has 5 nitrogen and oxygen atoms in total. The van der Waals surface area contributed by atoms with Crippen molar-refractivity contribution in [3.63, 3.8) is 0 Å². The predicted molar refractivity (Wildman–Crippen MR) is 78.3 cm³/mol. The molecule has 5 heteroatoms. The Bertz CT molecular complexity index is 432. The average Bonchev–Trinajstić information content (AvgIpc) is 3.03. The van der Waals surface area contributed by atoms with Crippen molar-refractivity contribution in [2.24, 2.45) is 5.41 Å². The van der Waals surface area contributed by atoms with Crippen molar-refractivity contribution < 1.29 is 9.90 Å². The molecule has 1 saturated heterocycles. The molecule has 116 valence electrons. The van der Waals surface area contributed by atoms with Crippen LogP contribution in [0.25, 0.3) is 0 Å². The van der Waals surface area contributed by atoms with Crippen LogP contribution in [0.5, 0.6) is 0 Å². The lowest BCUT2D eigenvalue weighted by Crippen LogP contribution is -2.57. The first-order valence-corrected chi connectivity index (χ1v) is 8.17. The van der Waals surface area contributed by atoms with Crippen LogP contribution in [0.15, 0.2) is 0 Å². The molecular formula is C16H25N3O2. The molecule has 3 saturated carbocycles. The molecule has 0 spiro atoms. The van der Waals surface area contributed by atoms with E-state index in [4.69, 9.17) is 5.26 Å². The maximum absolute atomic E-state index is 12.3. The summed E-state index contributed by atoms with van der Waals surface area (Å²) in [5, 5.41) is 22.1. The summed E-state index contributed by atoms with van der Waals surface area (Å²) in [4.78, 5) is 14.0. The van der Waals surface area contributed by atoms with E-state index < -0.39 is 0 Å². The first kappa shape index (κ1) is 14.8. The molecular weight excluding hydrogens is 266 g/mol. The molecule has 0 aromatic heterocycles. The molecule has 0 aromatic rings. The van der Waals surface area contributed by atoms with Gasteiger partial charge in [0, 0.05) is 18.7 Å². The van der Waals surface area contributed by atoms with E-state index in [0.717, 1.165) is 57.9 Å². The van der Waals surface area contributed by atoms with Gasteiger partial charge < -0.3 is 15.3 Å². The minimum absolute atomic E-state index is 0.0676. The molecule has 1 amide bonds. The number of nitrogens with one attached hydrogen (secondary N) is 1. The quantitative estimate of drug-likeness (QED) is 0.815. The third-order valence-electron chi connectivity index (χ3n) is 6.07. The Balaban J connectivity index is 1.54. The van der Waals surface area contributed by atoms with Crippen molar-refractivity contribution in [3.8, 4) is 6.07 Å². The van der Waals surface area contributed by atoms with Gasteiger partial charge in [0.2, 0.25) is 5.91 Å². The Morgan fingerprint density at radius 1 is 1.29 bits per heavy atom. The van der Waals surface area contributed by atoms with Crippen LogP contribution >= 0.6 is 0 Å². The van der Waals surface area contributed by atoms with Gasteiger partial charge in [-0.15, -0.1) is 0 Å². The van der Waals surface area contributed by atoms with Gasteiger partial charge in [-0.2, -0.15) is 5.26 Å². The van der Waals surface area contributed by atoms with E-state index in [-0.39, 0.29) is 22.9 Å². The highest BCUT2D eigenvalue weighted by molar-refractivity contribution is 5.79. The number of fused-ring (bicyclic) bond motifs is 3. The second kappa shape index (κ2) is 5.58. The SMILES string of the molecule is N#CC1CCCN1C(=O)CNC12CCC(CO)(CC1)CC2. The highest BCUT2D eigenvalue weighted by Crippen LogP contribution is 2.51. The number of aliphatic hydroxyl groups excluding tert-OH is 1. The number of hydrogen-bond donors (Lipinski definition) is 2. The third-order valence-corrected chi connectivity index (χ3v) is 6.07. The molecule has 3 aliphatic carbocycles. The monoisotopic (exact) mass is 291 g/mol. The van der Waals surface area contributed by atoms with Crippen LogP contribution < -0.4 is 5.32 Å². The minimum atomic E-state index is -0.225. The van der Waals surface area contributed by atoms with E-state index in [1.807, 2.05) is 0 Å².